The van der Waals surface area contributed by atoms with Crippen LogP contribution in [-0.4, -0.2) is 25.0 Å². The summed E-state index contributed by atoms with van der Waals surface area (Å²) in [5, 5.41) is 9.01. The van der Waals surface area contributed by atoms with Crippen molar-refractivity contribution in [3.05, 3.63) is 48.0 Å². The third kappa shape index (κ3) is 4.69. The number of hydrogen-bond acceptors (Lipinski definition) is 2. The summed E-state index contributed by atoms with van der Waals surface area (Å²) in [6.45, 7) is 4.17. The number of fused-ring (bicyclic) bond motifs is 1. The number of hydrogen-bond donors (Lipinski definition) is 2. The first-order chi connectivity index (χ1) is 10.7. The predicted molar refractivity (Wildman–Crippen MR) is 98.1 cm³/mol. The van der Waals surface area contributed by atoms with Gasteiger partial charge in [0.25, 0.3) is 0 Å². The summed E-state index contributed by atoms with van der Waals surface area (Å²) in [6, 6.07) is 15.1. The first-order valence-corrected chi connectivity index (χ1v) is 8.20. The van der Waals surface area contributed by atoms with Gasteiger partial charge in [-0.2, -0.15) is 0 Å². The Labute approximate surface area is 144 Å². The molecule has 2 atom stereocenters. The maximum absolute atomic E-state index is 12.2. The standard InChI is InChI=1S/C19H24N2O.ClH/c1-14-10-11-20-13-18(14)21-19(22)9-7-15-6-8-16-4-2-3-5-17(16)12-15;/h2-6,8,12,14,18,20H,7,9-11,13H2,1H3,(H,21,22);1H. The SMILES string of the molecule is CC1CCNCC1NC(=O)CCc1ccc2ccccc2c1.Cl. The van der Waals surface area contributed by atoms with Crippen LogP contribution in [-0.2, 0) is 11.2 Å². The van der Waals surface area contributed by atoms with Gasteiger partial charge in [-0.05, 0) is 41.6 Å². The van der Waals surface area contributed by atoms with Gasteiger partial charge in [0.1, 0.15) is 0 Å². The molecule has 3 nitrogen and oxygen atoms in total. The van der Waals surface area contributed by atoms with E-state index in [-0.39, 0.29) is 24.4 Å². The van der Waals surface area contributed by atoms with Gasteiger partial charge in [0, 0.05) is 19.0 Å². The fourth-order valence-corrected chi connectivity index (χ4v) is 3.11. The molecule has 0 radical (unpaired) electrons. The monoisotopic (exact) mass is 332 g/mol. The van der Waals surface area contributed by atoms with Crippen molar-refractivity contribution in [3.8, 4) is 0 Å². The zero-order valence-electron chi connectivity index (χ0n) is 13.5. The van der Waals surface area contributed by atoms with E-state index in [1.807, 2.05) is 0 Å². The Kier molecular flexibility index (Phi) is 6.43. The maximum atomic E-state index is 12.2. The van der Waals surface area contributed by atoms with E-state index in [1.165, 1.54) is 16.3 Å². The number of nitrogens with one attached hydrogen (secondary N) is 2. The Morgan fingerprint density at radius 3 is 2.78 bits per heavy atom. The molecule has 1 aliphatic heterocycles. The Bertz CT molecular complexity index is 659. The van der Waals surface area contributed by atoms with Crippen LogP contribution in [0.3, 0.4) is 0 Å². The summed E-state index contributed by atoms with van der Waals surface area (Å²) in [5.41, 5.74) is 1.23. The van der Waals surface area contributed by atoms with Crippen molar-refractivity contribution < 1.29 is 4.79 Å². The van der Waals surface area contributed by atoms with E-state index in [2.05, 4.69) is 60.0 Å². The molecule has 1 fully saturated rings. The molecule has 0 spiro atoms. The van der Waals surface area contributed by atoms with Crippen LogP contribution in [0.5, 0.6) is 0 Å². The van der Waals surface area contributed by atoms with E-state index in [4.69, 9.17) is 0 Å². The second kappa shape index (κ2) is 8.32. The number of carbonyl (C=O) groups is 1. The molecule has 0 aliphatic carbocycles. The van der Waals surface area contributed by atoms with Crippen LogP contribution in [0.2, 0.25) is 0 Å². The Hall–Kier alpha value is -1.58. The molecule has 2 aromatic rings. The molecule has 4 heteroatoms. The van der Waals surface area contributed by atoms with E-state index in [0.717, 1.165) is 25.9 Å². The summed E-state index contributed by atoms with van der Waals surface area (Å²) in [6.07, 6.45) is 2.49. The van der Waals surface area contributed by atoms with Crippen LogP contribution in [0.1, 0.15) is 25.3 Å². The Morgan fingerprint density at radius 1 is 1.22 bits per heavy atom. The normalized spacial score (nSPS) is 20.7. The highest BCUT2D eigenvalue weighted by Crippen LogP contribution is 2.17. The number of halogens is 1. The number of rotatable bonds is 4. The van der Waals surface area contributed by atoms with Crippen molar-refractivity contribution in [3.63, 3.8) is 0 Å². The molecule has 1 amide bonds. The number of amides is 1. The molecule has 2 unspecified atom stereocenters. The van der Waals surface area contributed by atoms with Gasteiger partial charge in [0.05, 0.1) is 0 Å². The number of carbonyl (C=O) groups excluding carboxylic acids is 1. The van der Waals surface area contributed by atoms with Gasteiger partial charge in [0.15, 0.2) is 0 Å². The van der Waals surface area contributed by atoms with E-state index in [0.29, 0.717) is 12.3 Å². The van der Waals surface area contributed by atoms with Gasteiger partial charge < -0.3 is 10.6 Å². The summed E-state index contributed by atoms with van der Waals surface area (Å²) in [4.78, 5) is 12.2. The Balaban J connectivity index is 0.00000192. The summed E-state index contributed by atoms with van der Waals surface area (Å²) < 4.78 is 0. The van der Waals surface area contributed by atoms with E-state index >= 15 is 0 Å². The smallest absolute Gasteiger partial charge is 0.220 e. The highest BCUT2D eigenvalue weighted by atomic mass is 35.5. The number of benzene rings is 2. The molecule has 2 N–H and O–H groups in total. The molecular weight excluding hydrogens is 308 g/mol. The molecule has 2 aromatic carbocycles. The molecule has 0 bridgehead atoms. The number of aryl methyl sites for hydroxylation is 1. The lowest BCUT2D eigenvalue weighted by Crippen LogP contribution is -2.50. The molecule has 1 heterocycles. The fraction of sp³-hybridized carbons (Fsp3) is 0.421. The molecule has 3 rings (SSSR count). The highest BCUT2D eigenvalue weighted by molar-refractivity contribution is 5.85. The minimum atomic E-state index is 0. The average molecular weight is 333 g/mol. The van der Waals surface area contributed by atoms with Crippen molar-refractivity contribution >= 4 is 29.1 Å². The zero-order valence-corrected chi connectivity index (χ0v) is 14.4. The quantitative estimate of drug-likeness (QED) is 0.902. The van der Waals surface area contributed by atoms with Gasteiger partial charge in [0.2, 0.25) is 5.91 Å². The van der Waals surface area contributed by atoms with Gasteiger partial charge in [-0.25, -0.2) is 0 Å². The van der Waals surface area contributed by atoms with E-state index in [9.17, 15) is 4.79 Å². The van der Waals surface area contributed by atoms with Crippen molar-refractivity contribution in [2.45, 2.75) is 32.2 Å². The highest BCUT2D eigenvalue weighted by Gasteiger charge is 2.22. The third-order valence-electron chi connectivity index (χ3n) is 4.63. The van der Waals surface area contributed by atoms with Crippen LogP contribution in [0.25, 0.3) is 10.8 Å². The first kappa shape index (κ1) is 17.8. The van der Waals surface area contributed by atoms with Crippen LogP contribution in [0.4, 0.5) is 0 Å². The first-order valence-electron chi connectivity index (χ1n) is 8.20. The second-order valence-corrected chi connectivity index (χ2v) is 6.33. The van der Waals surface area contributed by atoms with E-state index < -0.39 is 0 Å². The second-order valence-electron chi connectivity index (χ2n) is 6.33. The van der Waals surface area contributed by atoms with Gasteiger partial charge in [-0.1, -0.05) is 49.4 Å². The molecular formula is C19H25ClN2O. The topological polar surface area (TPSA) is 41.1 Å². The van der Waals surface area contributed by atoms with Crippen LogP contribution < -0.4 is 10.6 Å². The fourth-order valence-electron chi connectivity index (χ4n) is 3.11. The zero-order chi connectivity index (χ0) is 15.4. The van der Waals surface area contributed by atoms with Crippen molar-refractivity contribution in [2.75, 3.05) is 13.1 Å². The van der Waals surface area contributed by atoms with E-state index in [1.54, 1.807) is 0 Å². The minimum Gasteiger partial charge on any atom is -0.352 e. The van der Waals surface area contributed by atoms with Gasteiger partial charge in [-0.15, -0.1) is 12.4 Å². The molecule has 1 aliphatic rings. The number of piperidine rings is 1. The predicted octanol–water partition coefficient (Wildman–Crippen LogP) is 3.31. The minimum absolute atomic E-state index is 0. The van der Waals surface area contributed by atoms with Gasteiger partial charge >= 0.3 is 0 Å². The van der Waals surface area contributed by atoms with Crippen LogP contribution >= 0.6 is 12.4 Å². The molecule has 0 saturated carbocycles. The lowest BCUT2D eigenvalue weighted by atomic mass is 9.94. The molecule has 23 heavy (non-hydrogen) atoms. The third-order valence-corrected chi connectivity index (χ3v) is 4.63. The van der Waals surface area contributed by atoms with Crippen molar-refractivity contribution in [1.82, 2.24) is 10.6 Å². The Morgan fingerprint density at radius 2 is 2.00 bits per heavy atom. The van der Waals surface area contributed by atoms with Gasteiger partial charge in [-0.3, -0.25) is 4.79 Å². The summed E-state index contributed by atoms with van der Waals surface area (Å²) >= 11 is 0. The lowest BCUT2D eigenvalue weighted by Gasteiger charge is -2.30. The lowest BCUT2D eigenvalue weighted by molar-refractivity contribution is -0.122. The van der Waals surface area contributed by atoms with Crippen molar-refractivity contribution in [1.29, 1.82) is 0 Å². The van der Waals surface area contributed by atoms with Crippen LogP contribution in [0, 0.1) is 5.92 Å². The summed E-state index contributed by atoms with van der Waals surface area (Å²) in [5.74, 6) is 0.722. The molecule has 0 aromatic heterocycles. The van der Waals surface area contributed by atoms with Crippen molar-refractivity contribution in [2.24, 2.45) is 5.92 Å². The average Bonchev–Trinajstić information content (AvgIpc) is 2.55. The maximum Gasteiger partial charge on any atom is 0.220 e. The molecule has 124 valence electrons. The largest absolute Gasteiger partial charge is 0.352 e. The summed E-state index contributed by atoms with van der Waals surface area (Å²) in [7, 11) is 0. The molecule has 1 saturated heterocycles. The van der Waals surface area contributed by atoms with Crippen LogP contribution in [0.15, 0.2) is 42.5 Å².